The summed E-state index contributed by atoms with van der Waals surface area (Å²) in [5, 5.41) is 22.2. The van der Waals surface area contributed by atoms with Crippen LogP contribution >= 0.6 is 7.75 Å². The second-order valence-electron chi connectivity index (χ2n) is 5.94. The van der Waals surface area contributed by atoms with Gasteiger partial charge >= 0.3 is 13.7 Å². The van der Waals surface area contributed by atoms with Gasteiger partial charge in [0.15, 0.2) is 0 Å². The molecule has 162 valence electrons. The Kier molecular flexibility index (Phi) is 8.16. The fourth-order valence-corrected chi connectivity index (χ4v) is 3.65. The molecule has 0 aliphatic heterocycles. The molecule has 12 heteroatoms. The molecule has 0 amide bonds. The van der Waals surface area contributed by atoms with Crippen molar-refractivity contribution in [1.29, 1.82) is 0 Å². The van der Waals surface area contributed by atoms with E-state index >= 15 is 0 Å². The molecule has 0 radical (unpaired) electrons. The molecular weight excluding hydrogens is 419 g/mol. The third-order valence-corrected chi connectivity index (χ3v) is 5.19. The van der Waals surface area contributed by atoms with Gasteiger partial charge in [-0.2, -0.15) is 5.09 Å². The van der Waals surface area contributed by atoms with E-state index < -0.39 is 24.7 Å². The Morgan fingerprint density at radius 1 is 1.13 bits per heavy atom. The van der Waals surface area contributed by atoms with Crippen molar-refractivity contribution in [1.82, 2.24) is 5.09 Å². The van der Waals surface area contributed by atoms with E-state index in [9.17, 15) is 19.5 Å². The van der Waals surface area contributed by atoms with Crippen molar-refractivity contribution < 1.29 is 37.9 Å². The van der Waals surface area contributed by atoms with Gasteiger partial charge in [-0.25, -0.2) is 4.57 Å². The number of benzene rings is 2. The number of carboxylic acid groups (broad SMARTS) is 1. The summed E-state index contributed by atoms with van der Waals surface area (Å²) in [6.07, 6.45) is 0. The van der Waals surface area contributed by atoms with Crippen molar-refractivity contribution in [2.45, 2.75) is 13.0 Å². The maximum atomic E-state index is 13.2. The molecule has 0 bridgehead atoms. The normalized spacial score (nSPS) is 13.7. The highest BCUT2D eigenvalue weighted by Gasteiger charge is 2.33. The third-order valence-electron chi connectivity index (χ3n) is 3.58. The Bertz CT molecular complexity index is 920. The lowest BCUT2D eigenvalue weighted by Crippen LogP contribution is -2.34. The number of rotatable bonds is 12. The number of aliphatic carboxylic acids is 1. The molecule has 0 aromatic heterocycles. The zero-order valence-corrected chi connectivity index (χ0v) is 17.1. The molecule has 11 nitrogen and oxygen atoms in total. The minimum atomic E-state index is -4.24. The average Bonchev–Trinajstić information content (AvgIpc) is 2.68. The van der Waals surface area contributed by atoms with Crippen LogP contribution in [0.4, 0.5) is 5.69 Å². The summed E-state index contributed by atoms with van der Waals surface area (Å²) in [5.41, 5.74) is -0.189. The summed E-state index contributed by atoms with van der Waals surface area (Å²) in [5.74, 6) is -0.776. The zero-order chi connectivity index (χ0) is 22.1. The molecule has 2 N–H and O–H groups in total. The largest absolute Gasteiger partial charge is 0.513 e. The number of nitro groups is 1. The minimum Gasteiger partial charge on any atom is -0.491 e. The van der Waals surface area contributed by atoms with Gasteiger partial charge in [0.05, 0.1) is 11.5 Å². The number of hydrogen-bond donors (Lipinski definition) is 2. The van der Waals surface area contributed by atoms with Crippen LogP contribution < -0.4 is 18.9 Å². The van der Waals surface area contributed by atoms with Crippen molar-refractivity contribution in [2.75, 3.05) is 20.3 Å². The van der Waals surface area contributed by atoms with Gasteiger partial charge in [-0.3, -0.25) is 14.9 Å². The van der Waals surface area contributed by atoms with E-state index in [0.717, 1.165) is 12.1 Å². The zero-order valence-electron chi connectivity index (χ0n) is 16.2. The quantitative estimate of drug-likeness (QED) is 0.218. The summed E-state index contributed by atoms with van der Waals surface area (Å²) in [6, 6.07) is 9.69. The topological polar surface area (TPSA) is 146 Å². The molecule has 2 rings (SSSR count). The van der Waals surface area contributed by atoms with Crippen LogP contribution in [-0.4, -0.2) is 42.4 Å². The second kappa shape index (κ2) is 10.6. The lowest BCUT2D eigenvalue weighted by molar-refractivity contribution is -0.384. The number of carbonyl (C=O) groups is 1. The number of hydrogen-bond acceptors (Lipinski definition) is 8. The van der Waals surface area contributed by atoms with E-state index in [1.165, 1.54) is 38.3 Å². The summed E-state index contributed by atoms with van der Waals surface area (Å²) >= 11 is 0. The van der Waals surface area contributed by atoms with Gasteiger partial charge in [0.1, 0.15) is 29.9 Å². The van der Waals surface area contributed by atoms with Gasteiger partial charge in [-0.15, -0.1) is 0 Å². The number of nitro benzene ring substituents is 1. The maximum absolute atomic E-state index is 13.2. The highest BCUT2D eigenvalue weighted by molar-refractivity contribution is 7.52. The van der Waals surface area contributed by atoms with Crippen molar-refractivity contribution >= 4 is 19.4 Å². The van der Waals surface area contributed by atoms with Crippen LogP contribution in [0.5, 0.6) is 17.2 Å². The predicted octanol–water partition coefficient (Wildman–Crippen LogP) is 3.25. The molecule has 30 heavy (non-hydrogen) atoms. The third kappa shape index (κ3) is 7.03. The molecular formula is C18H21N2O9P. The van der Waals surface area contributed by atoms with E-state index in [1.807, 2.05) is 0 Å². The first-order valence-electron chi connectivity index (χ1n) is 8.68. The highest BCUT2D eigenvalue weighted by Crippen LogP contribution is 2.46. The standard InChI is InChI=1S/C18H21N2O9P/c1-13(18(21)22)19-30(25,28-15-8-6-14(7-9-15)20(23)24)29-17-5-3-4-16(12-17)27-11-10-26-2/h3-9,12-13H,10-11H2,1-2H3,(H,19,25)(H,21,22). The molecule has 2 aromatic carbocycles. The molecule has 0 aliphatic rings. The Labute approximate surface area is 172 Å². The van der Waals surface area contributed by atoms with Crippen LogP contribution in [0.25, 0.3) is 0 Å². The number of non-ortho nitro benzene ring substituents is 1. The fourth-order valence-electron chi connectivity index (χ4n) is 2.13. The molecule has 2 aromatic rings. The van der Waals surface area contributed by atoms with Crippen LogP contribution in [0.15, 0.2) is 48.5 Å². The van der Waals surface area contributed by atoms with Crippen molar-refractivity contribution in [3.05, 3.63) is 58.6 Å². The van der Waals surface area contributed by atoms with Gasteiger partial charge in [-0.1, -0.05) is 6.07 Å². The van der Waals surface area contributed by atoms with E-state index in [1.54, 1.807) is 12.1 Å². The molecule has 0 heterocycles. The number of methoxy groups -OCH3 is 1. The SMILES string of the molecule is COCCOc1cccc(OP(=O)(NC(C)C(=O)O)Oc2ccc([N+](=O)[O-])cc2)c1. The molecule has 0 saturated carbocycles. The number of ether oxygens (including phenoxy) is 2. The smallest absolute Gasteiger partial charge is 0.491 e. The summed E-state index contributed by atoms with van der Waals surface area (Å²) in [4.78, 5) is 21.4. The first-order valence-corrected chi connectivity index (χ1v) is 10.2. The molecule has 0 aliphatic carbocycles. The Hall–Kier alpha value is -3.14. The second-order valence-corrected chi connectivity index (χ2v) is 7.55. The van der Waals surface area contributed by atoms with Gasteiger partial charge in [0, 0.05) is 25.3 Å². The van der Waals surface area contributed by atoms with Crippen LogP contribution in [0, 0.1) is 10.1 Å². The highest BCUT2D eigenvalue weighted by atomic mass is 31.2. The molecule has 0 spiro atoms. The van der Waals surface area contributed by atoms with Gasteiger partial charge in [-0.05, 0) is 31.2 Å². The minimum absolute atomic E-state index is 0.0125. The van der Waals surface area contributed by atoms with E-state index in [4.69, 9.17) is 23.6 Å². The van der Waals surface area contributed by atoms with E-state index in [2.05, 4.69) is 5.09 Å². The predicted molar refractivity (Wildman–Crippen MR) is 106 cm³/mol. The Morgan fingerprint density at radius 2 is 1.77 bits per heavy atom. The van der Waals surface area contributed by atoms with Gasteiger partial charge < -0.3 is 23.6 Å². The summed E-state index contributed by atoms with van der Waals surface area (Å²) < 4.78 is 34.4. The fraction of sp³-hybridized carbons (Fsp3) is 0.278. The molecule has 0 fully saturated rings. The first-order chi connectivity index (χ1) is 14.2. The van der Waals surface area contributed by atoms with Gasteiger partial charge in [0.25, 0.3) is 5.69 Å². The van der Waals surface area contributed by atoms with Crippen molar-refractivity contribution in [2.24, 2.45) is 0 Å². The van der Waals surface area contributed by atoms with E-state index in [0.29, 0.717) is 12.4 Å². The van der Waals surface area contributed by atoms with Crippen LogP contribution in [0.3, 0.4) is 0 Å². The van der Waals surface area contributed by atoms with E-state index in [-0.39, 0.29) is 23.8 Å². The monoisotopic (exact) mass is 440 g/mol. The number of nitrogens with one attached hydrogen (secondary N) is 1. The molecule has 2 atom stereocenters. The van der Waals surface area contributed by atoms with Crippen LogP contribution in [0.1, 0.15) is 6.92 Å². The Balaban J connectivity index is 2.23. The first kappa shape index (κ1) is 23.1. The van der Waals surface area contributed by atoms with Gasteiger partial charge in [0.2, 0.25) is 0 Å². The summed E-state index contributed by atoms with van der Waals surface area (Å²) in [7, 11) is -2.71. The Morgan fingerprint density at radius 3 is 2.37 bits per heavy atom. The molecule has 2 unspecified atom stereocenters. The molecule has 0 saturated heterocycles. The van der Waals surface area contributed by atoms with Crippen LogP contribution in [0.2, 0.25) is 0 Å². The lowest BCUT2D eigenvalue weighted by Gasteiger charge is -2.22. The number of nitrogens with zero attached hydrogens (tertiary/aromatic N) is 1. The number of carboxylic acids is 1. The average molecular weight is 440 g/mol. The summed E-state index contributed by atoms with van der Waals surface area (Å²) in [6.45, 7) is 1.91. The van der Waals surface area contributed by atoms with Crippen molar-refractivity contribution in [3.8, 4) is 17.2 Å². The van der Waals surface area contributed by atoms with Crippen LogP contribution in [-0.2, 0) is 14.1 Å². The lowest BCUT2D eigenvalue weighted by atomic mass is 10.3. The maximum Gasteiger partial charge on any atom is 0.513 e. The van der Waals surface area contributed by atoms with Crippen molar-refractivity contribution in [3.63, 3.8) is 0 Å².